The smallest absolute Gasteiger partial charge is 0.0211 e. The average Bonchev–Trinajstić information content (AvgIpc) is 1.99. The van der Waals surface area contributed by atoms with Gasteiger partial charge >= 0.3 is 0 Å². The lowest BCUT2D eigenvalue weighted by atomic mass is 9.89. The van der Waals surface area contributed by atoms with Crippen molar-refractivity contribution in [3.05, 3.63) is 12.2 Å². The van der Waals surface area contributed by atoms with Crippen LogP contribution in [0.4, 0.5) is 0 Å². The molecule has 0 saturated heterocycles. The standard InChI is InChI=1S/C10H20/c1-5-8-10(7-3)9(4)6-2/h5,8-10H,6-7H2,1-4H3/b8-5-. The summed E-state index contributed by atoms with van der Waals surface area (Å²) in [5.74, 6) is 1.65. The predicted molar refractivity (Wildman–Crippen MR) is 48.1 cm³/mol. The van der Waals surface area contributed by atoms with Crippen LogP contribution in [0.5, 0.6) is 0 Å². The molecule has 0 bridgehead atoms. The Kier molecular flexibility index (Phi) is 5.38. The fraction of sp³-hybridized carbons (Fsp3) is 0.800. The zero-order valence-electron chi connectivity index (χ0n) is 7.72. The van der Waals surface area contributed by atoms with Gasteiger partial charge in [-0.1, -0.05) is 39.3 Å². The summed E-state index contributed by atoms with van der Waals surface area (Å²) < 4.78 is 0. The SMILES string of the molecule is C/C=C\C(CC)C(C)CC. The highest BCUT2D eigenvalue weighted by molar-refractivity contribution is 4.87. The third-order valence-corrected chi connectivity index (χ3v) is 2.29. The molecule has 0 heterocycles. The highest BCUT2D eigenvalue weighted by Crippen LogP contribution is 2.19. The van der Waals surface area contributed by atoms with Crippen LogP contribution in [0.15, 0.2) is 12.2 Å². The number of hydrogen-bond donors (Lipinski definition) is 0. The van der Waals surface area contributed by atoms with Gasteiger partial charge in [0, 0.05) is 0 Å². The maximum absolute atomic E-state index is 2.33. The summed E-state index contributed by atoms with van der Waals surface area (Å²) in [7, 11) is 0. The molecule has 0 rings (SSSR count). The monoisotopic (exact) mass is 140 g/mol. The van der Waals surface area contributed by atoms with Gasteiger partial charge in [-0.3, -0.25) is 0 Å². The van der Waals surface area contributed by atoms with E-state index >= 15 is 0 Å². The van der Waals surface area contributed by atoms with E-state index in [9.17, 15) is 0 Å². The van der Waals surface area contributed by atoms with Crippen molar-refractivity contribution in [3.8, 4) is 0 Å². The van der Waals surface area contributed by atoms with Crippen LogP contribution >= 0.6 is 0 Å². The van der Waals surface area contributed by atoms with Gasteiger partial charge in [-0.2, -0.15) is 0 Å². The van der Waals surface area contributed by atoms with Gasteiger partial charge in [-0.25, -0.2) is 0 Å². The zero-order valence-corrected chi connectivity index (χ0v) is 7.72. The fourth-order valence-electron chi connectivity index (χ4n) is 1.28. The molecule has 2 unspecified atom stereocenters. The fourth-order valence-corrected chi connectivity index (χ4v) is 1.28. The summed E-state index contributed by atoms with van der Waals surface area (Å²) in [6, 6.07) is 0. The Labute approximate surface area is 65.3 Å². The summed E-state index contributed by atoms with van der Waals surface area (Å²) in [4.78, 5) is 0. The van der Waals surface area contributed by atoms with Gasteiger partial charge < -0.3 is 0 Å². The van der Waals surface area contributed by atoms with Crippen molar-refractivity contribution in [2.75, 3.05) is 0 Å². The van der Waals surface area contributed by atoms with E-state index in [1.807, 2.05) is 0 Å². The molecule has 0 nitrogen and oxygen atoms in total. The lowest BCUT2D eigenvalue weighted by Gasteiger charge is -2.16. The largest absolute Gasteiger partial charge is 0.0914 e. The number of hydrogen-bond acceptors (Lipinski definition) is 0. The van der Waals surface area contributed by atoms with Crippen LogP contribution < -0.4 is 0 Å². The van der Waals surface area contributed by atoms with Crippen LogP contribution in [0.3, 0.4) is 0 Å². The first-order chi connectivity index (χ1) is 4.76. The molecular weight excluding hydrogens is 120 g/mol. The van der Waals surface area contributed by atoms with Crippen molar-refractivity contribution in [2.45, 2.75) is 40.5 Å². The van der Waals surface area contributed by atoms with Crippen LogP contribution in [0, 0.1) is 11.8 Å². The van der Waals surface area contributed by atoms with Gasteiger partial charge in [-0.15, -0.1) is 0 Å². The van der Waals surface area contributed by atoms with Crippen molar-refractivity contribution < 1.29 is 0 Å². The predicted octanol–water partition coefficient (Wildman–Crippen LogP) is 3.63. The lowest BCUT2D eigenvalue weighted by molar-refractivity contribution is 0.406. The molecule has 10 heavy (non-hydrogen) atoms. The summed E-state index contributed by atoms with van der Waals surface area (Å²) in [5, 5.41) is 0. The summed E-state index contributed by atoms with van der Waals surface area (Å²) in [5.41, 5.74) is 0. The first-order valence-electron chi connectivity index (χ1n) is 4.39. The molecule has 0 saturated carbocycles. The van der Waals surface area contributed by atoms with E-state index in [0.717, 1.165) is 11.8 Å². The topological polar surface area (TPSA) is 0 Å². The molecule has 0 radical (unpaired) electrons. The molecule has 0 aliphatic carbocycles. The minimum Gasteiger partial charge on any atom is -0.0914 e. The van der Waals surface area contributed by atoms with Crippen LogP contribution in [0.2, 0.25) is 0 Å². The van der Waals surface area contributed by atoms with Gasteiger partial charge in [0.15, 0.2) is 0 Å². The number of allylic oxidation sites excluding steroid dienone is 2. The van der Waals surface area contributed by atoms with Crippen LogP contribution in [-0.2, 0) is 0 Å². The average molecular weight is 140 g/mol. The molecule has 0 aliphatic heterocycles. The van der Waals surface area contributed by atoms with Crippen molar-refractivity contribution in [1.82, 2.24) is 0 Å². The first-order valence-corrected chi connectivity index (χ1v) is 4.39. The third kappa shape index (κ3) is 3.05. The van der Waals surface area contributed by atoms with Gasteiger partial charge in [0.2, 0.25) is 0 Å². The van der Waals surface area contributed by atoms with E-state index in [2.05, 4.69) is 39.8 Å². The van der Waals surface area contributed by atoms with Gasteiger partial charge in [0.05, 0.1) is 0 Å². The highest BCUT2D eigenvalue weighted by Gasteiger charge is 2.08. The molecule has 0 fully saturated rings. The Bertz CT molecular complexity index is 92.2. The summed E-state index contributed by atoms with van der Waals surface area (Å²) >= 11 is 0. The molecule has 0 heteroatoms. The molecule has 0 amide bonds. The Morgan fingerprint density at radius 3 is 2.10 bits per heavy atom. The molecule has 0 N–H and O–H groups in total. The van der Waals surface area contributed by atoms with Crippen molar-refractivity contribution >= 4 is 0 Å². The Morgan fingerprint density at radius 2 is 1.80 bits per heavy atom. The van der Waals surface area contributed by atoms with Gasteiger partial charge in [-0.05, 0) is 25.2 Å². The second-order valence-electron chi connectivity index (χ2n) is 2.98. The van der Waals surface area contributed by atoms with E-state index in [1.165, 1.54) is 12.8 Å². The van der Waals surface area contributed by atoms with E-state index in [-0.39, 0.29) is 0 Å². The molecule has 2 atom stereocenters. The van der Waals surface area contributed by atoms with E-state index in [0.29, 0.717) is 0 Å². The maximum Gasteiger partial charge on any atom is -0.0211 e. The Morgan fingerprint density at radius 1 is 1.20 bits per heavy atom. The Balaban J connectivity index is 3.79. The zero-order chi connectivity index (χ0) is 7.98. The van der Waals surface area contributed by atoms with Crippen molar-refractivity contribution in [2.24, 2.45) is 11.8 Å². The minimum atomic E-state index is 0.801. The normalized spacial score (nSPS) is 17.6. The van der Waals surface area contributed by atoms with Crippen LogP contribution in [0.25, 0.3) is 0 Å². The van der Waals surface area contributed by atoms with E-state index < -0.39 is 0 Å². The molecule has 0 aromatic heterocycles. The second kappa shape index (κ2) is 5.52. The quantitative estimate of drug-likeness (QED) is 0.523. The maximum atomic E-state index is 2.33. The number of rotatable bonds is 4. The highest BCUT2D eigenvalue weighted by atomic mass is 14.1. The molecule has 0 spiro atoms. The lowest BCUT2D eigenvalue weighted by Crippen LogP contribution is -2.06. The molecule has 0 aliphatic rings. The molecule has 0 aromatic carbocycles. The third-order valence-electron chi connectivity index (χ3n) is 2.29. The first kappa shape index (κ1) is 9.74. The van der Waals surface area contributed by atoms with Crippen molar-refractivity contribution in [3.63, 3.8) is 0 Å². The van der Waals surface area contributed by atoms with Gasteiger partial charge in [0.25, 0.3) is 0 Å². The van der Waals surface area contributed by atoms with E-state index in [4.69, 9.17) is 0 Å². The molecule has 0 aromatic rings. The summed E-state index contributed by atoms with van der Waals surface area (Å²) in [6.45, 7) is 8.95. The van der Waals surface area contributed by atoms with Crippen molar-refractivity contribution in [1.29, 1.82) is 0 Å². The summed E-state index contributed by atoms with van der Waals surface area (Å²) in [6.07, 6.45) is 7.07. The second-order valence-corrected chi connectivity index (χ2v) is 2.98. The molecular formula is C10H20. The molecule has 60 valence electrons. The Hall–Kier alpha value is -0.260. The van der Waals surface area contributed by atoms with E-state index in [1.54, 1.807) is 0 Å². The van der Waals surface area contributed by atoms with Crippen LogP contribution in [0.1, 0.15) is 40.5 Å². The van der Waals surface area contributed by atoms with Gasteiger partial charge in [0.1, 0.15) is 0 Å². The van der Waals surface area contributed by atoms with Crippen LogP contribution in [-0.4, -0.2) is 0 Å². The minimum absolute atomic E-state index is 0.801.